The van der Waals surface area contributed by atoms with E-state index in [1.807, 2.05) is 6.92 Å². The first kappa shape index (κ1) is 34.8. The lowest BCUT2D eigenvalue weighted by Crippen LogP contribution is -2.62. The Bertz CT molecular complexity index is 1370. The monoisotopic (exact) mass is 652 g/mol. The number of ether oxygens (including phenoxy) is 1. The molecular weight excluding hydrogens is 625 g/mol. The van der Waals surface area contributed by atoms with Gasteiger partial charge >= 0.3 is 30.1 Å². The van der Waals surface area contributed by atoms with Crippen LogP contribution in [-0.4, -0.2) is 47.5 Å². The molecule has 0 saturated carbocycles. The van der Waals surface area contributed by atoms with Crippen LogP contribution in [0.4, 0.5) is 48.3 Å². The number of fused-ring (bicyclic) bond motifs is 1. The van der Waals surface area contributed by atoms with Gasteiger partial charge in [-0.3, -0.25) is 0 Å². The molecule has 0 saturated heterocycles. The maximum atomic E-state index is 14.1. The Balaban J connectivity index is 1.79. The van der Waals surface area contributed by atoms with E-state index in [0.29, 0.717) is 29.1 Å². The molecule has 0 atom stereocenters. The van der Waals surface area contributed by atoms with Crippen molar-refractivity contribution in [1.29, 1.82) is 0 Å². The maximum absolute atomic E-state index is 14.1. The van der Waals surface area contributed by atoms with E-state index in [1.54, 1.807) is 6.07 Å². The highest BCUT2D eigenvalue weighted by atomic mass is 32.2. The number of halogens is 11. The number of unbranched alkanes of at least 4 members (excludes halogenated alkanes) is 2. The molecule has 0 fully saturated rings. The van der Waals surface area contributed by atoms with Crippen molar-refractivity contribution < 1.29 is 62.6 Å². The number of aliphatic hydroxyl groups excluding tert-OH is 1. The fourth-order valence-electron chi connectivity index (χ4n) is 4.16. The number of hydrogen-bond donors (Lipinski definition) is 1. The molecular formula is C28H27F11O3S. The molecule has 3 aromatic rings. The molecule has 0 bridgehead atoms. The summed E-state index contributed by atoms with van der Waals surface area (Å²) < 4.78 is 160. The molecule has 0 aliphatic carbocycles. The topological polar surface area (TPSA) is 42.6 Å². The molecule has 1 aromatic heterocycles. The Labute approximate surface area is 243 Å². The van der Waals surface area contributed by atoms with Gasteiger partial charge in [-0.2, -0.15) is 35.1 Å². The molecule has 0 unspecified atom stereocenters. The fraction of sp³-hybridized carbons (Fsp3) is 0.500. The minimum Gasteiger partial charge on any atom is -0.456 e. The predicted molar refractivity (Wildman–Crippen MR) is 138 cm³/mol. The summed E-state index contributed by atoms with van der Waals surface area (Å²) in [6.07, 6.45) is -5.96. The smallest absolute Gasteiger partial charge is 0.456 e. The normalized spacial score (nSPS) is 13.6. The van der Waals surface area contributed by atoms with Crippen molar-refractivity contribution in [2.24, 2.45) is 0 Å². The van der Waals surface area contributed by atoms with E-state index >= 15 is 0 Å². The van der Waals surface area contributed by atoms with E-state index in [0.717, 1.165) is 19.3 Å². The van der Waals surface area contributed by atoms with E-state index < -0.39 is 61.0 Å². The summed E-state index contributed by atoms with van der Waals surface area (Å²) in [6.45, 7) is 0.353. The van der Waals surface area contributed by atoms with E-state index in [1.165, 1.54) is 36.4 Å². The Morgan fingerprint density at radius 3 is 2.05 bits per heavy atom. The van der Waals surface area contributed by atoms with Gasteiger partial charge in [0, 0.05) is 35.5 Å². The van der Waals surface area contributed by atoms with E-state index in [4.69, 9.17) is 9.52 Å². The van der Waals surface area contributed by atoms with Gasteiger partial charge in [0.2, 0.25) is 0 Å². The van der Waals surface area contributed by atoms with Gasteiger partial charge in [0.25, 0.3) is 0 Å². The molecule has 3 rings (SSSR count). The first-order chi connectivity index (χ1) is 19.8. The van der Waals surface area contributed by atoms with Crippen molar-refractivity contribution in [3.63, 3.8) is 0 Å². The van der Waals surface area contributed by atoms with Gasteiger partial charge in [0.1, 0.15) is 17.1 Å². The summed E-state index contributed by atoms with van der Waals surface area (Å²) in [7, 11) is 0. The van der Waals surface area contributed by atoms with Gasteiger partial charge in [-0.05, 0) is 54.8 Å². The van der Waals surface area contributed by atoms with Gasteiger partial charge < -0.3 is 14.3 Å². The summed E-state index contributed by atoms with van der Waals surface area (Å²) >= 11 is 0.515. The van der Waals surface area contributed by atoms with Crippen LogP contribution in [0.25, 0.3) is 22.3 Å². The minimum absolute atomic E-state index is 0.0197. The van der Waals surface area contributed by atoms with E-state index in [-0.39, 0.29) is 21.8 Å². The number of aliphatic hydroxyl groups is 1. The van der Waals surface area contributed by atoms with Crippen LogP contribution in [0.5, 0.6) is 5.75 Å². The predicted octanol–water partition coefficient (Wildman–Crippen LogP) is 10.1. The van der Waals surface area contributed by atoms with Gasteiger partial charge in [-0.25, -0.2) is 0 Å². The Morgan fingerprint density at radius 2 is 1.44 bits per heavy atom. The van der Waals surface area contributed by atoms with Crippen LogP contribution in [0.2, 0.25) is 0 Å². The second-order valence-corrected chi connectivity index (χ2v) is 10.9. The van der Waals surface area contributed by atoms with Crippen molar-refractivity contribution in [3.8, 4) is 17.1 Å². The quantitative estimate of drug-likeness (QED) is 0.101. The average Bonchev–Trinajstić information content (AvgIpc) is 3.31. The van der Waals surface area contributed by atoms with Crippen LogP contribution < -0.4 is 4.74 Å². The van der Waals surface area contributed by atoms with Crippen molar-refractivity contribution in [2.45, 2.75) is 80.4 Å². The van der Waals surface area contributed by atoms with Gasteiger partial charge in [0.15, 0.2) is 0 Å². The molecule has 1 N–H and O–H groups in total. The minimum atomic E-state index is -6.44. The third-order valence-corrected chi connectivity index (χ3v) is 7.52. The Hall–Kier alpha value is -2.68. The van der Waals surface area contributed by atoms with Crippen LogP contribution in [0.1, 0.15) is 44.6 Å². The zero-order chi connectivity index (χ0) is 32.3. The summed E-state index contributed by atoms with van der Waals surface area (Å²) in [5.74, 6) is -25.4. The second kappa shape index (κ2) is 13.1. The van der Waals surface area contributed by atoms with Crippen molar-refractivity contribution in [2.75, 3.05) is 12.4 Å². The van der Waals surface area contributed by atoms with Crippen LogP contribution in [-0.2, 0) is 6.42 Å². The molecule has 0 aliphatic rings. The van der Waals surface area contributed by atoms with Gasteiger partial charge in [-0.15, -0.1) is 24.9 Å². The molecule has 3 nitrogen and oxygen atoms in total. The Kier molecular flexibility index (Phi) is 10.6. The number of aryl methyl sites for hydroxylation is 1. The molecule has 2 aromatic carbocycles. The van der Waals surface area contributed by atoms with E-state index in [9.17, 15) is 48.3 Å². The number of thioether (sulfide) groups is 1. The number of furan rings is 1. The molecule has 15 heteroatoms. The molecule has 0 spiro atoms. The Morgan fingerprint density at radius 1 is 0.791 bits per heavy atom. The molecule has 0 amide bonds. The third kappa shape index (κ3) is 7.89. The number of benzene rings is 2. The van der Waals surface area contributed by atoms with Crippen molar-refractivity contribution in [1.82, 2.24) is 0 Å². The van der Waals surface area contributed by atoms with Crippen LogP contribution >= 0.6 is 11.8 Å². The van der Waals surface area contributed by atoms with Crippen LogP contribution in [0.3, 0.4) is 0 Å². The second-order valence-electron chi connectivity index (χ2n) is 9.78. The molecule has 43 heavy (non-hydrogen) atoms. The van der Waals surface area contributed by atoms with Crippen molar-refractivity contribution >= 4 is 22.7 Å². The van der Waals surface area contributed by atoms with Crippen LogP contribution in [0, 0.1) is 0 Å². The lowest BCUT2D eigenvalue weighted by molar-refractivity contribution is -0.367. The number of rotatable bonds is 15. The molecule has 0 aliphatic heterocycles. The summed E-state index contributed by atoms with van der Waals surface area (Å²) in [6, 6.07) is 9.71. The highest BCUT2D eigenvalue weighted by molar-refractivity contribution is 7.99. The molecule has 1 heterocycles. The largest absolute Gasteiger partial charge is 0.573 e. The third-order valence-electron chi connectivity index (χ3n) is 6.52. The summed E-state index contributed by atoms with van der Waals surface area (Å²) in [4.78, 5) is 0.142. The van der Waals surface area contributed by atoms with Gasteiger partial charge in [0.05, 0.1) is 5.56 Å². The lowest BCUT2D eigenvalue weighted by atomic mass is 9.95. The number of hydrogen-bond acceptors (Lipinski definition) is 4. The zero-order valence-electron chi connectivity index (χ0n) is 22.5. The summed E-state index contributed by atoms with van der Waals surface area (Å²) in [5.41, 5.74) is 0.670. The fourth-order valence-corrected chi connectivity index (χ4v) is 5.11. The highest BCUT2D eigenvalue weighted by Crippen LogP contribution is 2.54. The SMILES string of the molecule is CCCCCc1ccc(-c2cc3ccc(SCCC(F)(F)C(F)(F)C(F)(F)C(F)(F)CCO)cc3o2)c(OC(F)(F)F)c1. The first-order valence-corrected chi connectivity index (χ1v) is 14.0. The van der Waals surface area contributed by atoms with Crippen molar-refractivity contribution in [3.05, 3.63) is 48.0 Å². The molecule has 240 valence electrons. The first-order valence-electron chi connectivity index (χ1n) is 13.0. The molecule has 0 radical (unpaired) electrons. The number of alkyl halides is 11. The zero-order valence-corrected chi connectivity index (χ0v) is 23.3. The average molecular weight is 653 g/mol. The van der Waals surface area contributed by atoms with Crippen LogP contribution in [0.15, 0.2) is 51.8 Å². The van der Waals surface area contributed by atoms with Gasteiger partial charge in [-0.1, -0.05) is 25.8 Å². The maximum Gasteiger partial charge on any atom is 0.573 e. The summed E-state index contributed by atoms with van der Waals surface area (Å²) in [5, 5.41) is 8.82. The standard InChI is InChI=1S/C28H27F11O3S/c1-2-3-4-5-17-6-9-20(23(14-17)42-28(37,38)39)22-15-18-7-8-19(16-21(18)41-22)43-13-11-25(31,32)27(35,36)26(33,34)24(29,30)10-12-40/h6-9,14-16,40H,2-5,10-13H2,1H3. The lowest BCUT2D eigenvalue weighted by Gasteiger charge is -2.36. The highest BCUT2D eigenvalue weighted by Gasteiger charge is 2.79. The van der Waals surface area contributed by atoms with E-state index in [2.05, 4.69) is 4.74 Å².